The van der Waals surface area contributed by atoms with Crippen LogP contribution in [0.5, 0.6) is 34.5 Å². The first kappa shape index (κ1) is 18.3. The summed E-state index contributed by atoms with van der Waals surface area (Å²) in [7, 11) is 0. The monoisotopic (exact) mass is 368 g/mol. The molecule has 3 rings (SSSR count). The van der Waals surface area contributed by atoms with Gasteiger partial charge in [0.05, 0.1) is 0 Å². The van der Waals surface area contributed by atoms with Crippen molar-refractivity contribution in [2.75, 3.05) is 0 Å². The highest BCUT2D eigenvalue weighted by molar-refractivity contribution is 5.63. The minimum Gasteiger partial charge on any atom is -0.504 e. The lowest BCUT2D eigenvalue weighted by molar-refractivity contribution is 0.360. The van der Waals surface area contributed by atoms with Gasteiger partial charge in [0.25, 0.3) is 0 Å². The predicted octanol–water partition coefficient (Wildman–Crippen LogP) is 3.66. The van der Waals surface area contributed by atoms with Crippen LogP contribution in [0.25, 0.3) is 0 Å². The molecule has 6 N–H and O–H groups in total. The van der Waals surface area contributed by atoms with Crippen molar-refractivity contribution in [3.63, 3.8) is 0 Å². The maximum Gasteiger partial charge on any atom is 0.200 e. The van der Waals surface area contributed by atoms with Crippen LogP contribution >= 0.6 is 0 Å². The van der Waals surface area contributed by atoms with Gasteiger partial charge in [-0.05, 0) is 29.7 Å². The molecule has 0 amide bonds. The topological polar surface area (TPSA) is 121 Å². The molecule has 3 aromatic carbocycles. The molecule has 0 bridgehead atoms. The molecule has 0 fully saturated rings. The van der Waals surface area contributed by atoms with E-state index in [1.54, 1.807) is 0 Å². The summed E-state index contributed by atoms with van der Waals surface area (Å²) in [6, 6.07) is 12.7. The number of phenols is 6. The van der Waals surface area contributed by atoms with Crippen molar-refractivity contribution in [2.24, 2.45) is 0 Å². The summed E-state index contributed by atoms with van der Waals surface area (Å²) in [5, 5.41) is 59.9. The highest BCUT2D eigenvalue weighted by Gasteiger charge is 2.27. The van der Waals surface area contributed by atoms with Gasteiger partial charge in [0.1, 0.15) is 0 Å². The first-order valence-corrected chi connectivity index (χ1v) is 8.41. The molecule has 0 atom stereocenters. The van der Waals surface area contributed by atoms with Gasteiger partial charge in [-0.3, -0.25) is 0 Å². The fourth-order valence-corrected chi connectivity index (χ4v) is 3.11. The number of hydrogen-bond acceptors (Lipinski definition) is 6. The highest BCUT2D eigenvalue weighted by Crippen LogP contribution is 2.49. The molecule has 0 saturated heterocycles. The maximum atomic E-state index is 10.4. The van der Waals surface area contributed by atoms with Gasteiger partial charge in [0, 0.05) is 17.0 Å². The van der Waals surface area contributed by atoms with Gasteiger partial charge in [-0.1, -0.05) is 43.3 Å². The van der Waals surface area contributed by atoms with E-state index in [1.807, 2.05) is 31.2 Å². The van der Waals surface area contributed by atoms with E-state index in [0.29, 0.717) is 5.56 Å². The van der Waals surface area contributed by atoms with Crippen molar-refractivity contribution in [1.29, 1.82) is 0 Å². The molecule has 140 valence electrons. The zero-order valence-electron chi connectivity index (χ0n) is 14.6. The highest BCUT2D eigenvalue weighted by atomic mass is 16.3. The molecule has 0 saturated carbocycles. The largest absolute Gasteiger partial charge is 0.504 e. The second kappa shape index (κ2) is 6.99. The number of benzene rings is 3. The van der Waals surface area contributed by atoms with Crippen LogP contribution in [0.1, 0.15) is 35.1 Å². The summed E-state index contributed by atoms with van der Waals surface area (Å²) < 4.78 is 0. The summed E-state index contributed by atoms with van der Waals surface area (Å²) in [4.78, 5) is 0. The first-order chi connectivity index (χ1) is 12.8. The molecule has 0 radical (unpaired) electrons. The summed E-state index contributed by atoms with van der Waals surface area (Å²) in [5.41, 5.74) is 2.20. The Bertz CT molecular complexity index is 921. The normalized spacial score (nSPS) is 11.0. The molecule has 0 aliphatic rings. The molecular weight excluding hydrogens is 348 g/mol. The Morgan fingerprint density at radius 3 is 1.44 bits per heavy atom. The Morgan fingerprint density at radius 2 is 1.04 bits per heavy atom. The zero-order chi connectivity index (χ0) is 19.7. The average molecular weight is 368 g/mol. The number of hydrogen-bond donors (Lipinski definition) is 6. The van der Waals surface area contributed by atoms with Gasteiger partial charge >= 0.3 is 0 Å². The summed E-state index contributed by atoms with van der Waals surface area (Å²) in [6.45, 7) is 2.01. The third-order valence-corrected chi connectivity index (χ3v) is 4.67. The van der Waals surface area contributed by atoms with Crippen LogP contribution in [0.3, 0.4) is 0 Å². The molecule has 0 aliphatic heterocycles. The fourth-order valence-electron chi connectivity index (χ4n) is 3.11. The minimum atomic E-state index is -0.770. The van der Waals surface area contributed by atoms with E-state index in [-0.39, 0.29) is 11.1 Å². The molecule has 0 aliphatic carbocycles. The van der Waals surface area contributed by atoms with Crippen molar-refractivity contribution in [2.45, 2.75) is 19.3 Å². The van der Waals surface area contributed by atoms with Gasteiger partial charge in [0.2, 0.25) is 11.5 Å². The van der Waals surface area contributed by atoms with Crippen molar-refractivity contribution in [3.05, 3.63) is 70.8 Å². The minimum absolute atomic E-state index is 0.218. The van der Waals surface area contributed by atoms with Crippen LogP contribution < -0.4 is 0 Å². The van der Waals surface area contributed by atoms with Crippen molar-refractivity contribution in [3.8, 4) is 34.5 Å². The first-order valence-electron chi connectivity index (χ1n) is 8.41. The Morgan fingerprint density at radius 1 is 0.593 bits per heavy atom. The van der Waals surface area contributed by atoms with E-state index >= 15 is 0 Å². The Kier molecular flexibility index (Phi) is 4.73. The molecule has 3 aromatic rings. The van der Waals surface area contributed by atoms with E-state index in [4.69, 9.17) is 0 Å². The van der Waals surface area contributed by atoms with Gasteiger partial charge in [-0.2, -0.15) is 0 Å². The van der Waals surface area contributed by atoms with Gasteiger partial charge < -0.3 is 30.6 Å². The Balaban J connectivity index is 2.27. The number of rotatable bonds is 4. The van der Waals surface area contributed by atoms with E-state index in [1.165, 1.54) is 24.3 Å². The van der Waals surface area contributed by atoms with Gasteiger partial charge in [0.15, 0.2) is 23.0 Å². The number of aromatic hydroxyl groups is 6. The third kappa shape index (κ3) is 3.17. The molecule has 0 unspecified atom stereocenters. The summed E-state index contributed by atoms with van der Waals surface area (Å²) in [6.07, 6.45) is 0.835. The van der Waals surface area contributed by atoms with E-state index in [0.717, 1.165) is 12.0 Å². The lowest BCUT2D eigenvalue weighted by Gasteiger charge is -2.22. The molecule has 0 aromatic heterocycles. The number of phenolic OH excluding ortho intramolecular Hbond substituents is 6. The SMILES string of the molecule is CCc1ccc(C(c2ccc(O)c(O)c2O)c2ccc(O)c(O)c2O)cc1. The molecule has 0 heterocycles. The van der Waals surface area contributed by atoms with E-state index < -0.39 is 40.4 Å². The van der Waals surface area contributed by atoms with Crippen molar-refractivity contribution < 1.29 is 30.6 Å². The van der Waals surface area contributed by atoms with Crippen LogP contribution in [-0.4, -0.2) is 30.6 Å². The lowest BCUT2D eigenvalue weighted by Crippen LogP contribution is -2.05. The molecular formula is C21H20O6. The second-order valence-corrected chi connectivity index (χ2v) is 6.27. The van der Waals surface area contributed by atoms with E-state index in [2.05, 4.69) is 0 Å². The fraction of sp³-hybridized carbons (Fsp3) is 0.143. The van der Waals surface area contributed by atoms with Crippen LogP contribution in [0.4, 0.5) is 0 Å². The average Bonchev–Trinajstić information content (AvgIpc) is 2.68. The molecule has 6 heteroatoms. The van der Waals surface area contributed by atoms with Crippen molar-refractivity contribution >= 4 is 0 Å². The lowest BCUT2D eigenvalue weighted by atomic mass is 9.83. The van der Waals surface area contributed by atoms with Crippen molar-refractivity contribution in [1.82, 2.24) is 0 Å². The zero-order valence-corrected chi connectivity index (χ0v) is 14.6. The van der Waals surface area contributed by atoms with Crippen LogP contribution in [0.2, 0.25) is 0 Å². The van der Waals surface area contributed by atoms with Gasteiger partial charge in [-0.25, -0.2) is 0 Å². The van der Waals surface area contributed by atoms with Crippen LogP contribution in [-0.2, 0) is 6.42 Å². The maximum absolute atomic E-state index is 10.4. The van der Waals surface area contributed by atoms with E-state index in [9.17, 15) is 30.6 Å². The standard InChI is InChI=1S/C21H20O6/c1-2-11-3-5-12(6-4-11)17(13-7-9-15(22)20(26)18(13)24)14-8-10-16(23)21(27)19(14)25/h3-10,17,22-27H,2H2,1H3. The predicted molar refractivity (Wildman–Crippen MR) is 99.6 cm³/mol. The summed E-state index contributed by atoms with van der Waals surface area (Å²) in [5.74, 6) is -4.15. The second-order valence-electron chi connectivity index (χ2n) is 6.27. The summed E-state index contributed by atoms with van der Waals surface area (Å²) >= 11 is 0. The molecule has 0 spiro atoms. The van der Waals surface area contributed by atoms with Gasteiger partial charge in [-0.15, -0.1) is 0 Å². The molecule has 6 nitrogen and oxygen atoms in total. The van der Waals surface area contributed by atoms with Crippen LogP contribution in [0, 0.1) is 0 Å². The Labute approximate surface area is 155 Å². The smallest absolute Gasteiger partial charge is 0.200 e. The quantitative estimate of drug-likeness (QED) is 0.309. The number of aryl methyl sites for hydroxylation is 1. The van der Waals surface area contributed by atoms with Crippen LogP contribution in [0.15, 0.2) is 48.5 Å². The molecule has 27 heavy (non-hydrogen) atoms. The Hall–Kier alpha value is -3.54. The third-order valence-electron chi connectivity index (χ3n) is 4.67.